The van der Waals surface area contributed by atoms with E-state index in [0.29, 0.717) is 25.2 Å². The van der Waals surface area contributed by atoms with Crippen molar-refractivity contribution in [2.24, 2.45) is 22.9 Å². The lowest BCUT2D eigenvalue weighted by atomic mass is 9.81. The first-order valence-corrected chi connectivity index (χ1v) is 30.0. The van der Waals surface area contributed by atoms with Crippen molar-refractivity contribution in [2.75, 3.05) is 25.7 Å². The fourth-order valence-electron chi connectivity index (χ4n) is 9.55. The van der Waals surface area contributed by atoms with Crippen LogP contribution in [0.3, 0.4) is 0 Å². The number of Topliss-reactive ketones (excluding diaryl/α,β-unsaturated/α-hetero) is 5. The molecule has 1 aliphatic heterocycles. The van der Waals surface area contributed by atoms with E-state index in [1.165, 1.54) is 30.0 Å². The Bertz CT molecular complexity index is 3410. The van der Waals surface area contributed by atoms with Crippen LogP contribution in [0.25, 0.3) is 0 Å². The molecule has 5 aromatic carbocycles. The third-order valence-electron chi connectivity index (χ3n) is 13.3. The molecule has 2 saturated carbocycles. The number of carbonyl (C=O) groups is 6. The molecule has 14 nitrogen and oxygen atoms in total. The van der Waals surface area contributed by atoms with E-state index in [2.05, 4.69) is 9.89 Å². The topological polar surface area (TPSA) is 211 Å². The summed E-state index contributed by atoms with van der Waals surface area (Å²) in [6.45, 7) is -0.379. The number of ketones is 5. The summed E-state index contributed by atoms with van der Waals surface area (Å²) in [6.07, 6.45) is 0.506. The molecule has 5 aromatic rings. The van der Waals surface area contributed by atoms with Crippen LogP contribution < -0.4 is 0 Å². The highest BCUT2D eigenvalue weighted by atomic mass is 35.5. The molecule has 3 aliphatic carbocycles. The van der Waals surface area contributed by atoms with Gasteiger partial charge < -0.3 is 14.3 Å². The predicted molar refractivity (Wildman–Crippen MR) is 289 cm³/mol. The number of sulfone groups is 2. The van der Waals surface area contributed by atoms with Crippen LogP contribution in [0.4, 0.5) is 13.2 Å². The number of allylic oxidation sites excluding steroid dienone is 2. The maximum atomic E-state index is 13.4. The average Bonchev–Trinajstić information content (AvgIpc) is 4.18. The molecular weight excluding hydrogens is 1130 g/mol. The third kappa shape index (κ3) is 14.4. The molecule has 22 heteroatoms. The van der Waals surface area contributed by atoms with Gasteiger partial charge in [-0.1, -0.05) is 119 Å². The third-order valence-corrected chi connectivity index (χ3v) is 17.6. The van der Waals surface area contributed by atoms with Crippen molar-refractivity contribution < 1.29 is 73.1 Å². The van der Waals surface area contributed by atoms with E-state index in [-0.39, 0.29) is 62.6 Å². The van der Waals surface area contributed by atoms with E-state index in [1.807, 2.05) is 91.0 Å². The lowest BCUT2D eigenvalue weighted by Gasteiger charge is -2.27. The van der Waals surface area contributed by atoms with Crippen molar-refractivity contribution in [3.63, 3.8) is 0 Å². The Balaban J connectivity index is 0.000000173. The summed E-state index contributed by atoms with van der Waals surface area (Å²) < 4.78 is 93.9. The first-order chi connectivity index (χ1) is 37.3. The van der Waals surface area contributed by atoms with Gasteiger partial charge in [-0.25, -0.2) is 21.6 Å². The van der Waals surface area contributed by atoms with Gasteiger partial charge in [0.2, 0.25) is 0 Å². The monoisotopic (exact) mass is 1180 g/mol. The number of ether oxygens (including phenoxy) is 2. The van der Waals surface area contributed by atoms with E-state index in [4.69, 9.17) is 32.8 Å². The molecule has 0 saturated heterocycles. The lowest BCUT2D eigenvalue weighted by molar-refractivity contribution is -0.176. The van der Waals surface area contributed by atoms with Gasteiger partial charge in [0.15, 0.2) is 59.9 Å². The van der Waals surface area contributed by atoms with Crippen LogP contribution in [-0.4, -0.2) is 89.3 Å². The van der Waals surface area contributed by atoms with Crippen LogP contribution >= 0.6 is 35.0 Å². The molecule has 0 amide bonds. The van der Waals surface area contributed by atoms with Crippen molar-refractivity contribution in [3.8, 4) is 0 Å². The van der Waals surface area contributed by atoms with Gasteiger partial charge in [0, 0.05) is 68.9 Å². The standard InChI is InChI=1S/C22H19ClO4S2.C18H17NO3.C17H16ClF3O6S/c1-29(26,27)16-9-10-17(18(23)12-16)21(25)19-20(24)13-7-8-14(11-13)22(19)28-15-5-3-2-4-6-15;1-2-21-17(20)16-13-18(22-19-16,14-9-5-3-6-10-14)15-11-7-4-8-12-15;1-28(25,26)13-6-5-9(15(18)10(13)7-27-8-17(19,20)21)16(24)14-11(22)3-2-4-12(14)23/h2-6,9-10,12-14H,7-8,11H2,1H3;3-12H,2,13H2,1H3;5-6,14H,2-4,7-8H2,1H3. The van der Waals surface area contributed by atoms with Gasteiger partial charge >= 0.3 is 12.1 Å². The maximum Gasteiger partial charge on any atom is 0.411 e. The molecule has 416 valence electrons. The lowest BCUT2D eigenvalue weighted by Crippen LogP contribution is -2.35. The quantitative estimate of drug-likeness (QED) is 0.0413. The Morgan fingerprint density at radius 1 is 0.772 bits per heavy atom. The number of oxime groups is 1. The second kappa shape index (κ2) is 25.4. The van der Waals surface area contributed by atoms with Gasteiger partial charge in [0.05, 0.1) is 45.0 Å². The van der Waals surface area contributed by atoms with Gasteiger partial charge in [-0.15, -0.1) is 0 Å². The number of alkyl halides is 3. The molecule has 79 heavy (non-hydrogen) atoms. The number of fused-ring (bicyclic) bond motifs is 2. The highest BCUT2D eigenvalue weighted by Crippen LogP contribution is 2.50. The first kappa shape index (κ1) is 60.4. The largest absolute Gasteiger partial charge is 0.461 e. The van der Waals surface area contributed by atoms with Crippen molar-refractivity contribution in [3.05, 3.63) is 170 Å². The second-order valence-electron chi connectivity index (χ2n) is 18.9. The molecule has 9 rings (SSSR count). The smallest absolute Gasteiger partial charge is 0.411 e. The Kier molecular flexibility index (Phi) is 19.4. The zero-order chi connectivity index (χ0) is 57.5. The van der Waals surface area contributed by atoms with Crippen molar-refractivity contribution in [2.45, 2.75) is 84.9 Å². The SMILES string of the molecule is CCOC(=O)C1=NOC(c2ccccc2)(c2ccccc2)C1.CS(=O)(=O)c1ccc(C(=O)C2=C(Sc3ccccc3)C3CCC(C3)C2=O)c(Cl)c1.CS(=O)(=O)c1ccc(C(=O)C2C(=O)CCCC2=O)c(Cl)c1COCC(F)(F)F. The van der Waals surface area contributed by atoms with Crippen LogP contribution in [0.2, 0.25) is 10.0 Å². The molecule has 2 bridgehead atoms. The number of rotatable bonds is 15. The van der Waals surface area contributed by atoms with E-state index in [0.717, 1.165) is 64.8 Å². The molecule has 1 heterocycles. The maximum absolute atomic E-state index is 13.4. The number of carbonyl (C=O) groups excluding carboxylic acids is 6. The van der Waals surface area contributed by atoms with E-state index in [9.17, 15) is 58.8 Å². The number of halogens is 5. The minimum absolute atomic E-state index is 0.0419. The van der Waals surface area contributed by atoms with Gasteiger partial charge in [-0.05, 0) is 81.0 Å². The van der Waals surface area contributed by atoms with Crippen LogP contribution in [0.5, 0.6) is 0 Å². The van der Waals surface area contributed by atoms with Gasteiger partial charge in [-0.2, -0.15) is 13.2 Å². The average molecular weight is 1180 g/mol. The Morgan fingerprint density at radius 3 is 1.89 bits per heavy atom. The number of hydrogen-bond donors (Lipinski definition) is 0. The summed E-state index contributed by atoms with van der Waals surface area (Å²) in [4.78, 5) is 82.3. The summed E-state index contributed by atoms with van der Waals surface area (Å²) in [5, 5.41) is 3.59. The zero-order valence-electron chi connectivity index (χ0n) is 42.7. The highest BCUT2D eigenvalue weighted by Gasteiger charge is 2.46. The van der Waals surface area contributed by atoms with Crippen LogP contribution in [0.1, 0.15) is 89.3 Å². The van der Waals surface area contributed by atoms with E-state index >= 15 is 0 Å². The van der Waals surface area contributed by atoms with E-state index in [1.54, 1.807) is 6.92 Å². The highest BCUT2D eigenvalue weighted by molar-refractivity contribution is 8.03. The summed E-state index contributed by atoms with van der Waals surface area (Å²) in [6, 6.07) is 35.4. The Hall–Kier alpha value is -6.29. The number of esters is 1. The first-order valence-electron chi connectivity index (χ1n) is 24.7. The van der Waals surface area contributed by atoms with Gasteiger partial charge in [0.1, 0.15) is 12.5 Å². The molecule has 0 radical (unpaired) electrons. The molecule has 2 fully saturated rings. The molecule has 4 aliphatic rings. The van der Waals surface area contributed by atoms with Crippen molar-refractivity contribution >= 4 is 95.2 Å². The normalized spacial score (nSPS) is 18.1. The van der Waals surface area contributed by atoms with Crippen molar-refractivity contribution in [1.29, 1.82) is 0 Å². The number of thioether (sulfide) groups is 1. The molecule has 0 N–H and O–H groups in total. The molecule has 2 atom stereocenters. The number of benzene rings is 5. The minimum Gasteiger partial charge on any atom is -0.461 e. The van der Waals surface area contributed by atoms with Crippen LogP contribution in [-0.2, 0) is 65.4 Å². The summed E-state index contributed by atoms with van der Waals surface area (Å²) >= 11 is 13.8. The van der Waals surface area contributed by atoms with Crippen LogP contribution in [0.15, 0.2) is 152 Å². The summed E-state index contributed by atoms with van der Waals surface area (Å²) in [7, 11) is -7.34. The fraction of sp³-hybridized carbons (Fsp3) is 0.316. The molecule has 0 aromatic heterocycles. The number of hydrogen-bond acceptors (Lipinski definition) is 15. The van der Waals surface area contributed by atoms with E-state index < -0.39 is 89.6 Å². The minimum atomic E-state index is -4.65. The predicted octanol–water partition coefficient (Wildman–Crippen LogP) is 11.2. The zero-order valence-corrected chi connectivity index (χ0v) is 46.7. The molecule has 0 spiro atoms. The van der Waals surface area contributed by atoms with Crippen LogP contribution in [0, 0.1) is 17.8 Å². The fourth-order valence-corrected chi connectivity index (χ4v) is 13.0. The molecule has 2 unspecified atom stereocenters. The van der Waals surface area contributed by atoms with Gasteiger partial charge in [-0.3, -0.25) is 24.0 Å². The second-order valence-corrected chi connectivity index (χ2v) is 24.8. The molecular formula is C57H52Cl2F3NO13S3. The summed E-state index contributed by atoms with van der Waals surface area (Å²) in [5.74, 6) is -4.48. The number of nitrogens with zero attached hydrogens (tertiary/aromatic N) is 1. The Labute approximate surface area is 468 Å². The van der Waals surface area contributed by atoms with Crippen molar-refractivity contribution in [1.82, 2.24) is 0 Å². The Morgan fingerprint density at radius 2 is 1.34 bits per heavy atom. The van der Waals surface area contributed by atoms with Gasteiger partial charge in [0.25, 0.3) is 0 Å². The summed E-state index contributed by atoms with van der Waals surface area (Å²) in [5.41, 5.74) is 1.19.